The van der Waals surface area contributed by atoms with Crippen molar-refractivity contribution in [2.24, 2.45) is 0 Å². The molecule has 0 saturated carbocycles. The minimum Gasteiger partial charge on any atom is -0.349 e. The summed E-state index contributed by atoms with van der Waals surface area (Å²) in [5.41, 5.74) is 8.95. The van der Waals surface area contributed by atoms with Gasteiger partial charge in [0.15, 0.2) is 0 Å². The lowest BCUT2D eigenvalue weighted by atomic mass is 10.1. The Kier molecular flexibility index (Phi) is 25.8. The van der Waals surface area contributed by atoms with Crippen molar-refractivity contribution >= 4 is 5.69 Å². The van der Waals surface area contributed by atoms with Gasteiger partial charge in [0, 0.05) is 68.8 Å². The molecule has 0 bridgehead atoms. The van der Waals surface area contributed by atoms with Crippen LogP contribution in [0.3, 0.4) is 0 Å². The van der Waals surface area contributed by atoms with Crippen LogP contribution in [0, 0.1) is 6.92 Å². The fraction of sp³-hybridized carbons (Fsp3) is 0.447. The zero-order chi connectivity index (χ0) is 38.2. The van der Waals surface area contributed by atoms with Crippen LogP contribution in [-0.2, 0) is 26.2 Å². The van der Waals surface area contributed by atoms with E-state index in [1.165, 1.54) is 33.5 Å². The minimum absolute atomic E-state index is 0. The predicted octanol–water partition coefficient (Wildman–Crippen LogP) is 11.0. The van der Waals surface area contributed by atoms with Crippen LogP contribution in [0.4, 0.5) is 5.69 Å². The number of benzene rings is 4. The highest BCUT2D eigenvalue weighted by Crippen LogP contribution is 2.17. The van der Waals surface area contributed by atoms with Gasteiger partial charge in [-0.15, -0.1) is 0 Å². The van der Waals surface area contributed by atoms with Crippen molar-refractivity contribution in [3.8, 4) is 0 Å². The summed E-state index contributed by atoms with van der Waals surface area (Å²) in [7, 11) is 4.18. The van der Waals surface area contributed by atoms with Gasteiger partial charge in [-0.25, -0.2) is 0 Å². The number of nitrogens with one attached hydrogen (secondary N) is 3. The third-order valence-corrected chi connectivity index (χ3v) is 8.16. The normalized spacial score (nSPS) is 10.5. The maximum Gasteiger partial charge on any atom is 0.0405 e. The van der Waals surface area contributed by atoms with Crippen LogP contribution < -0.4 is 20.9 Å². The van der Waals surface area contributed by atoms with Gasteiger partial charge in [0.25, 0.3) is 0 Å². The number of allylic oxidation sites excluding steroid dienone is 1. The number of anilines is 1. The molecule has 0 atom stereocenters. The summed E-state index contributed by atoms with van der Waals surface area (Å²) in [5.74, 6) is 0. The van der Waals surface area contributed by atoms with Crippen LogP contribution in [0.5, 0.6) is 0 Å². The third-order valence-electron chi connectivity index (χ3n) is 8.16. The van der Waals surface area contributed by atoms with E-state index in [1.807, 2.05) is 20.0 Å². The fourth-order valence-corrected chi connectivity index (χ4v) is 4.38. The molecule has 288 valence electrons. The standard InChI is InChI=1S/C14H22N2.2C11H17N.C10H15N.CH4/c1-11(2)15-10-13-6-8-14(9-7-13)16(5)12(3)4;1-9(2)12-8-11-6-4-10(3)5-7-11;1-10(2)12(3)9-11-7-5-4-6-8-11;1-9(2)11-8-10-6-4-3-5-7-10;/h6-9,11,15H,3,10H2,1-2,4-5H3;4-7,9,12H,8H2,1-3H3;4-8,10H,9H2,1-3H3;3-7,9,11H,8H2,1-2H3;1H4. The molecule has 52 heavy (non-hydrogen) atoms. The van der Waals surface area contributed by atoms with Crippen LogP contribution in [0.1, 0.15) is 97.6 Å². The van der Waals surface area contributed by atoms with Gasteiger partial charge in [-0.1, -0.05) is 158 Å². The highest BCUT2D eigenvalue weighted by molar-refractivity contribution is 5.51. The summed E-state index contributed by atoms with van der Waals surface area (Å²) < 4.78 is 0. The molecule has 4 aromatic carbocycles. The van der Waals surface area contributed by atoms with Crippen LogP contribution in [0.25, 0.3) is 0 Å². The molecule has 0 radical (unpaired) electrons. The average molecular weight is 710 g/mol. The number of hydrogen-bond donors (Lipinski definition) is 3. The first-order valence-corrected chi connectivity index (χ1v) is 18.7. The van der Waals surface area contributed by atoms with Gasteiger partial charge in [0.05, 0.1) is 0 Å². The molecule has 4 rings (SSSR count). The minimum atomic E-state index is 0. The maximum atomic E-state index is 3.93. The van der Waals surface area contributed by atoms with Crippen molar-refractivity contribution in [1.82, 2.24) is 20.9 Å². The van der Waals surface area contributed by atoms with E-state index in [4.69, 9.17) is 0 Å². The Morgan fingerprint density at radius 1 is 0.538 bits per heavy atom. The topological polar surface area (TPSA) is 42.6 Å². The molecule has 4 aromatic rings. The molecule has 5 nitrogen and oxygen atoms in total. The van der Waals surface area contributed by atoms with Gasteiger partial charge in [0.2, 0.25) is 0 Å². The largest absolute Gasteiger partial charge is 0.349 e. The van der Waals surface area contributed by atoms with Crippen molar-refractivity contribution < 1.29 is 0 Å². The van der Waals surface area contributed by atoms with E-state index in [-0.39, 0.29) is 7.43 Å². The maximum absolute atomic E-state index is 3.93. The summed E-state index contributed by atoms with van der Waals surface area (Å²) in [5, 5.41) is 10.1. The van der Waals surface area contributed by atoms with E-state index in [0.29, 0.717) is 24.2 Å². The van der Waals surface area contributed by atoms with E-state index in [0.717, 1.165) is 31.9 Å². The third kappa shape index (κ3) is 23.7. The lowest BCUT2D eigenvalue weighted by molar-refractivity contribution is 0.266. The van der Waals surface area contributed by atoms with E-state index in [1.54, 1.807) is 0 Å². The number of hydrogen-bond acceptors (Lipinski definition) is 5. The Hall–Kier alpha value is -3.74. The first kappa shape index (κ1) is 48.3. The van der Waals surface area contributed by atoms with Gasteiger partial charge in [0.1, 0.15) is 0 Å². The monoisotopic (exact) mass is 710 g/mol. The van der Waals surface area contributed by atoms with Crippen molar-refractivity contribution in [3.63, 3.8) is 0 Å². The molecule has 0 aliphatic heterocycles. The van der Waals surface area contributed by atoms with Crippen LogP contribution in [-0.4, -0.2) is 43.2 Å². The zero-order valence-electron chi connectivity index (χ0n) is 34.1. The van der Waals surface area contributed by atoms with Crippen molar-refractivity contribution in [1.29, 1.82) is 0 Å². The number of aryl methyl sites for hydroxylation is 1. The van der Waals surface area contributed by atoms with Gasteiger partial charge >= 0.3 is 0 Å². The fourth-order valence-electron chi connectivity index (χ4n) is 4.38. The molecule has 0 aliphatic carbocycles. The van der Waals surface area contributed by atoms with E-state index in [9.17, 15) is 0 Å². The molecular formula is C47H75N5. The molecule has 0 heterocycles. The summed E-state index contributed by atoms with van der Waals surface area (Å²) in [6, 6.07) is 40.5. The predicted molar refractivity (Wildman–Crippen MR) is 233 cm³/mol. The SMILES string of the molecule is C.C=C(C)N(C)c1ccc(CNC(C)C)cc1.CC(C)N(C)Cc1ccccc1.CC(C)NCc1ccccc1.Cc1ccc(CNC(C)C)cc1. The highest BCUT2D eigenvalue weighted by atomic mass is 15.1. The van der Waals surface area contributed by atoms with Gasteiger partial charge in [-0.3, -0.25) is 4.90 Å². The Morgan fingerprint density at radius 2 is 0.885 bits per heavy atom. The smallest absolute Gasteiger partial charge is 0.0405 e. The molecule has 0 saturated heterocycles. The van der Waals surface area contributed by atoms with Gasteiger partial charge in [-0.2, -0.15) is 0 Å². The molecule has 0 aromatic heterocycles. The lowest BCUT2D eigenvalue weighted by Crippen LogP contribution is -2.25. The van der Waals surface area contributed by atoms with Crippen LogP contribution in [0.15, 0.2) is 121 Å². The Labute approximate surface area is 320 Å². The second-order valence-electron chi connectivity index (χ2n) is 14.5. The van der Waals surface area contributed by atoms with Crippen LogP contribution in [0.2, 0.25) is 0 Å². The molecule has 0 spiro atoms. The Morgan fingerprint density at radius 3 is 1.23 bits per heavy atom. The van der Waals surface area contributed by atoms with Crippen molar-refractivity contribution in [3.05, 3.63) is 149 Å². The first-order chi connectivity index (χ1) is 24.2. The molecule has 5 heteroatoms. The second kappa shape index (κ2) is 27.9. The highest BCUT2D eigenvalue weighted by Gasteiger charge is 2.03. The van der Waals surface area contributed by atoms with Gasteiger partial charge in [-0.05, 0) is 69.1 Å². The Bertz CT molecular complexity index is 1410. The van der Waals surface area contributed by atoms with E-state index in [2.05, 4.69) is 205 Å². The average Bonchev–Trinajstić information content (AvgIpc) is 3.11. The quantitative estimate of drug-likeness (QED) is 0.122. The summed E-state index contributed by atoms with van der Waals surface area (Å²) in [6.45, 7) is 29.3. The lowest BCUT2D eigenvalue weighted by Gasteiger charge is -2.20. The number of nitrogens with zero attached hydrogens (tertiary/aromatic N) is 2. The van der Waals surface area contributed by atoms with E-state index >= 15 is 0 Å². The molecule has 0 fully saturated rings. The van der Waals surface area contributed by atoms with E-state index < -0.39 is 0 Å². The first-order valence-electron chi connectivity index (χ1n) is 18.7. The number of rotatable bonds is 14. The van der Waals surface area contributed by atoms with Gasteiger partial charge < -0.3 is 20.9 Å². The molecular weight excluding hydrogens is 635 g/mol. The molecule has 0 aliphatic rings. The second-order valence-corrected chi connectivity index (χ2v) is 14.5. The Balaban J connectivity index is 0.000000669. The van der Waals surface area contributed by atoms with Crippen molar-refractivity contribution in [2.45, 2.75) is 127 Å². The zero-order valence-corrected chi connectivity index (χ0v) is 34.1. The summed E-state index contributed by atoms with van der Waals surface area (Å²) in [4.78, 5) is 4.41. The van der Waals surface area contributed by atoms with Crippen molar-refractivity contribution in [2.75, 3.05) is 19.0 Å². The molecule has 0 amide bonds. The van der Waals surface area contributed by atoms with Crippen LogP contribution >= 0.6 is 0 Å². The molecule has 0 unspecified atom stereocenters. The molecule has 3 N–H and O–H groups in total. The summed E-state index contributed by atoms with van der Waals surface area (Å²) >= 11 is 0. The summed E-state index contributed by atoms with van der Waals surface area (Å²) in [6.07, 6.45) is 0.